The fourth-order valence-corrected chi connectivity index (χ4v) is 4.97. The summed E-state index contributed by atoms with van der Waals surface area (Å²) in [5, 5.41) is 0. The summed E-state index contributed by atoms with van der Waals surface area (Å²) in [6.07, 6.45) is 4.15. The molecule has 0 unspecified atom stereocenters. The molecule has 1 heterocycles. The number of methoxy groups -OCH3 is 1. The Labute approximate surface area is 149 Å². The molecule has 0 amide bonds. The van der Waals surface area contributed by atoms with E-state index in [2.05, 4.69) is 53.4 Å². The molecule has 0 aromatic heterocycles. The molecular formula is C22H25NO2. The standard InChI is InChI=1S/C22H25NO2/c1-25-21(24)22(15-17-8-4-2-5-9-17)19-12-13-20(14-19)23(22)16-18-10-6-3-7-11-18/h2-11,19-20H,12-16H2,1H3/t19-,20+,22+/m1/s1. The predicted molar refractivity (Wildman–Crippen MR) is 98.0 cm³/mol. The summed E-state index contributed by atoms with van der Waals surface area (Å²) in [5.74, 6) is 0.313. The molecule has 4 rings (SSSR count). The zero-order valence-electron chi connectivity index (χ0n) is 14.7. The number of fused-ring (bicyclic) bond motifs is 2. The van der Waals surface area contributed by atoms with E-state index in [9.17, 15) is 4.79 Å². The Kier molecular flexibility index (Phi) is 4.34. The first-order valence-electron chi connectivity index (χ1n) is 9.17. The normalized spacial score (nSPS) is 28.2. The summed E-state index contributed by atoms with van der Waals surface area (Å²) in [6.45, 7) is 0.809. The van der Waals surface area contributed by atoms with Crippen LogP contribution in [0.25, 0.3) is 0 Å². The molecule has 3 nitrogen and oxygen atoms in total. The highest BCUT2D eigenvalue weighted by Gasteiger charge is 2.61. The average Bonchev–Trinajstić information content (AvgIpc) is 3.25. The third-order valence-electron chi connectivity index (χ3n) is 6.08. The van der Waals surface area contributed by atoms with Crippen LogP contribution in [0.3, 0.4) is 0 Å². The number of carbonyl (C=O) groups is 1. The number of esters is 1. The van der Waals surface area contributed by atoms with E-state index in [1.54, 1.807) is 0 Å². The minimum absolute atomic E-state index is 0.0699. The Morgan fingerprint density at radius 3 is 2.32 bits per heavy atom. The van der Waals surface area contributed by atoms with Crippen LogP contribution in [0, 0.1) is 5.92 Å². The van der Waals surface area contributed by atoms with Gasteiger partial charge in [-0.25, -0.2) is 0 Å². The molecule has 0 spiro atoms. The average molecular weight is 335 g/mol. The number of carbonyl (C=O) groups excluding carboxylic acids is 1. The van der Waals surface area contributed by atoms with E-state index in [1.165, 1.54) is 24.7 Å². The number of nitrogens with zero attached hydrogens (tertiary/aromatic N) is 1. The lowest BCUT2D eigenvalue weighted by Crippen LogP contribution is -2.59. The van der Waals surface area contributed by atoms with E-state index >= 15 is 0 Å². The van der Waals surface area contributed by atoms with E-state index < -0.39 is 5.54 Å². The second-order valence-corrected chi connectivity index (χ2v) is 7.36. The minimum atomic E-state index is -0.533. The predicted octanol–water partition coefficient (Wildman–Crippen LogP) is 3.83. The lowest BCUT2D eigenvalue weighted by Gasteiger charge is -2.45. The molecule has 2 bridgehead atoms. The van der Waals surface area contributed by atoms with Crippen LogP contribution in [0.5, 0.6) is 0 Å². The van der Waals surface area contributed by atoms with Gasteiger partial charge >= 0.3 is 5.97 Å². The number of hydrogen-bond acceptors (Lipinski definition) is 3. The fourth-order valence-electron chi connectivity index (χ4n) is 4.97. The molecule has 0 N–H and O–H groups in total. The molecule has 0 radical (unpaired) electrons. The maximum atomic E-state index is 13.1. The Balaban J connectivity index is 1.72. The summed E-state index contributed by atoms with van der Waals surface area (Å²) in [7, 11) is 1.53. The third kappa shape index (κ3) is 2.77. The van der Waals surface area contributed by atoms with Crippen LogP contribution >= 0.6 is 0 Å². The largest absolute Gasteiger partial charge is 0.468 e. The van der Waals surface area contributed by atoms with Crippen molar-refractivity contribution in [3.8, 4) is 0 Å². The Bertz CT molecular complexity index is 730. The molecule has 130 valence electrons. The van der Waals surface area contributed by atoms with Crippen LogP contribution in [0.15, 0.2) is 60.7 Å². The van der Waals surface area contributed by atoms with Crippen molar-refractivity contribution in [1.29, 1.82) is 0 Å². The maximum Gasteiger partial charge on any atom is 0.326 e. The highest BCUT2D eigenvalue weighted by molar-refractivity contribution is 5.82. The van der Waals surface area contributed by atoms with Gasteiger partial charge in [0.05, 0.1) is 7.11 Å². The summed E-state index contributed by atoms with van der Waals surface area (Å²) < 4.78 is 5.35. The Hall–Kier alpha value is -2.13. The monoisotopic (exact) mass is 335 g/mol. The second kappa shape index (κ2) is 6.64. The van der Waals surface area contributed by atoms with Gasteiger partial charge in [0.1, 0.15) is 5.54 Å². The topological polar surface area (TPSA) is 29.5 Å². The van der Waals surface area contributed by atoms with E-state index in [0.29, 0.717) is 12.0 Å². The molecule has 3 atom stereocenters. The van der Waals surface area contributed by atoms with Crippen molar-refractivity contribution in [3.05, 3.63) is 71.8 Å². The summed E-state index contributed by atoms with van der Waals surface area (Å²) >= 11 is 0. The fraction of sp³-hybridized carbons (Fsp3) is 0.409. The Morgan fingerprint density at radius 2 is 1.68 bits per heavy atom. The summed E-state index contributed by atoms with van der Waals surface area (Å²) in [6, 6.07) is 21.3. The van der Waals surface area contributed by atoms with Crippen molar-refractivity contribution in [2.75, 3.05) is 7.11 Å². The van der Waals surface area contributed by atoms with Gasteiger partial charge in [-0.05, 0) is 36.3 Å². The molecule has 1 aliphatic carbocycles. The van der Waals surface area contributed by atoms with Crippen LogP contribution in [0.1, 0.15) is 30.4 Å². The van der Waals surface area contributed by atoms with Gasteiger partial charge in [-0.1, -0.05) is 60.7 Å². The van der Waals surface area contributed by atoms with Crippen LogP contribution in [-0.2, 0) is 22.5 Å². The molecule has 3 heteroatoms. The molecule has 2 fully saturated rings. The van der Waals surface area contributed by atoms with E-state index in [-0.39, 0.29) is 5.97 Å². The van der Waals surface area contributed by atoms with Crippen LogP contribution in [0.2, 0.25) is 0 Å². The van der Waals surface area contributed by atoms with Gasteiger partial charge in [0.2, 0.25) is 0 Å². The zero-order valence-corrected chi connectivity index (χ0v) is 14.7. The van der Waals surface area contributed by atoms with Gasteiger partial charge in [0.25, 0.3) is 0 Å². The summed E-state index contributed by atoms with van der Waals surface area (Å²) in [4.78, 5) is 15.5. The quantitative estimate of drug-likeness (QED) is 0.778. The molecule has 1 saturated heterocycles. The zero-order chi connectivity index (χ0) is 17.3. The maximum absolute atomic E-state index is 13.1. The highest BCUT2D eigenvalue weighted by atomic mass is 16.5. The minimum Gasteiger partial charge on any atom is -0.468 e. The van der Waals surface area contributed by atoms with Crippen molar-refractivity contribution in [2.24, 2.45) is 5.92 Å². The number of rotatable bonds is 5. The summed E-state index contributed by atoms with van der Waals surface area (Å²) in [5.41, 5.74) is 1.93. The number of likely N-dealkylation sites (tertiary alicyclic amines) is 1. The van der Waals surface area contributed by atoms with Crippen LogP contribution < -0.4 is 0 Å². The van der Waals surface area contributed by atoms with Crippen molar-refractivity contribution in [1.82, 2.24) is 4.90 Å². The first-order valence-corrected chi connectivity index (χ1v) is 9.17. The molecule has 2 aliphatic rings. The third-order valence-corrected chi connectivity index (χ3v) is 6.08. The second-order valence-electron chi connectivity index (χ2n) is 7.36. The first-order chi connectivity index (χ1) is 12.2. The van der Waals surface area contributed by atoms with E-state index in [4.69, 9.17) is 4.74 Å². The van der Waals surface area contributed by atoms with E-state index in [0.717, 1.165) is 25.8 Å². The van der Waals surface area contributed by atoms with Gasteiger partial charge < -0.3 is 4.74 Å². The molecule has 1 saturated carbocycles. The molecular weight excluding hydrogens is 310 g/mol. The number of hydrogen-bond donors (Lipinski definition) is 0. The SMILES string of the molecule is COC(=O)[C@]1(Cc2ccccc2)[C@@H]2CC[C@@H](C2)N1Cc1ccccc1. The lowest BCUT2D eigenvalue weighted by molar-refractivity contribution is -0.159. The van der Waals surface area contributed by atoms with E-state index in [1.807, 2.05) is 12.1 Å². The number of ether oxygens (including phenoxy) is 1. The first kappa shape index (κ1) is 16.3. The van der Waals surface area contributed by atoms with Crippen molar-refractivity contribution < 1.29 is 9.53 Å². The van der Waals surface area contributed by atoms with Gasteiger partial charge in [0, 0.05) is 19.0 Å². The van der Waals surface area contributed by atoms with Gasteiger partial charge in [-0.3, -0.25) is 9.69 Å². The van der Waals surface area contributed by atoms with Crippen LogP contribution in [-0.4, -0.2) is 29.6 Å². The smallest absolute Gasteiger partial charge is 0.326 e. The van der Waals surface area contributed by atoms with Crippen molar-refractivity contribution in [2.45, 2.75) is 43.8 Å². The molecule has 2 aromatic carbocycles. The number of benzene rings is 2. The lowest BCUT2D eigenvalue weighted by atomic mass is 9.77. The molecule has 2 aromatic rings. The molecule has 25 heavy (non-hydrogen) atoms. The highest BCUT2D eigenvalue weighted by Crippen LogP contribution is 2.51. The van der Waals surface area contributed by atoms with Crippen LogP contribution in [0.4, 0.5) is 0 Å². The van der Waals surface area contributed by atoms with Gasteiger partial charge in [-0.15, -0.1) is 0 Å². The number of piperidine rings is 1. The van der Waals surface area contributed by atoms with Gasteiger partial charge in [-0.2, -0.15) is 0 Å². The van der Waals surface area contributed by atoms with Crippen molar-refractivity contribution in [3.63, 3.8) is 0 Å². The molecule has 1 aliphatic heterocycles. The van der Waals surface area contributed by atoms with Crippen molar-refractivity contribution >= 4 is 5.97 Å². The Morgan fingerprint density at radius 1 is 1.04 bits per heavy atom. The van der Waals surface area contributed by atoms with Gasteiger partial charge in [0.15, 0.2) is 0 Å².